The minimum Gasteiger partial charge on any atom is -0.488 e. The molecule has 11 heteroatoms. The van der Waals surface area contributed by atoms with E-state index in [1.165, 1.54) is 0 Å². The molecule has 9 nitrogen and oxygen atoms in total. The summed E-state index contributed by atoms with van der Waals surface area (Å²) in [4.78, 5) is 39.5. The smallest absolute Gasteiger partial charge is 0.236 e. The second kappa shape index (κ2) is 11.0. The lowest BCUT2D eigenvalue weighted by atomic mass is 10.1. The van der Waals surface area contributed by atoms with Gasteiger partial charge in [0.2, 0.25) is 11.8 Å². The molecule has 192 valence electrons. The first-order chi connectivity index (χ1) is 17.9. The highest BCUT2D eigenvalue weighted by molar-refractivity contribution is 7.28. The zero-order valence-corrected chi connectivity index (χ0v) is 22.4. The molecule has 1 saturated heterocycles. The van der Waals surface area contributed by atoms with Gasteiger partial charge in [0.05, 0.1) is 30.7 Å². The number of hydrogen-bond donors (Lipinski definition) is 1. The molecule has 1 fully saturated rings. The molecule has 1 atom stereocenters. The van der Waals surface area contributed by atoms with E-state index in [9.17, 15) is 9.59 Å². The molecule has 0 saturated carbocycles. The van der Waals surface area contributed by atoms with Crippen LogP contribution in [0.3, 0.4) is 0 Å². The third kappa shape index (κ3) is 5.85. The summed E-state index contributed by atoms with van der Waals surface area (Å²) < 4.78 is 5.86. The topological polar surface area (TPSA) is 90.9 Å². The van der Waals surface area contributed by atoms with Crippen LogP contribution in [0.1, 0.15) is 6.42 Å². The highest BCUT2D eigenvalue weighted by Crippen LogP contribution is 2.39. The predicted octanol–water partition coefficient (Wildman–Crippen LogP) is 2.93. The Bertz CT molecular complexity index is 1340. The molecule has 0 bridgehead atoms. The number of aromatic nitrogens is 2. The predicted molar refractivity (Wildman–Crippen MR) is 148 cm³/mol. The first-order valence-electron chi connectivity index (χ1n) is 12.1. The van der Waals surface area contributed by atoms with Crippen molar-refractivity contribution in [1.29, 1.82) is 0 Å². The number of fused-ring (bicyclic) bond motifs is 1. The number of nitrogens with zero attached hydrogens (tertiary/aromatic N) is 5. The Kier molecular flexibility index (Phi) is 7.55. The Morgan fingerprint density at radius 3 is 2.86 bits per heavy atom. The Labute approximate surface area is 223 Å². The molecule has 2 aliphatic rings. The molecule has 2 aliphatic heterocycles. The van der Waals surface area contributed by atoms with Crippen molar-refractivity contribution >= 4 is 55.2 Å². The maximum absolute atomic E-state index is 12.6. The van der Waals surface area contributed by atoms with Crippen molar-refractivity contribution < 1.29 is 14.3 Å². The molecule has 2 amide bonds. The number of carbonyl (C=O) groups excluding carboxylic acids is 2. The number of pyridine rings is 2. The van der Waals surface area contributed by atoms with Crippen molar-refractivity contribution in [3.63, 3.8) is 0 Å². The zero-order chi connectivity index (χ0) is 25.9. The fourth-order valence-corrected chi connectivity index (χ4v) is 4.95. The minimum atomic E-state index is -0.181. The van der Waals surface area contributed by atoms with Crippen LogP contribution >= 0.6 is 20.8 Å². The van der Waals surface area contributed by atoms with Gasteiger partial charge >= 0.3 is 0 Å². The number of anilines is 3. The highest BCUT2D eigenvalue weighted by Gasteiger charge is 2.23. The minimum absolute atomic E-state index is 0.0491. The van der Waals surface area contributed by atoms with Crippen molar-refractivity contribution in [2.75, 3.05) is 56.6 Å². The van der Waals surface area contributed by atoms with Gasteiger partial charge in [-0.05, 0) is 36.6 Å². The molecule has 0 radical (unpaired) electrons. The van der Waals surface area contributed by atoms with Crippen molar-refractivity contribution in [1.82, 2.24) is 19.8 Å². The SMILES string of the molecule is CN1CCN(CCC(=O)Nc2cc(N3CCOc4cnc(-c5cc(Cl)ccc5P)cc43)ccn2)C(=O)C1. The molecule has 37 heavy (non-hydrogen) atoms. The third-order valence-electron chi connectivity index (χ3n) is 6.44. The lowest BCUT2D eigenvalue weighted by Crippen LogP contribution is -2.49. The van der Waals surface area contributed by atoms with Gasteiger partial charge in [0.15, 0.2) is 5.75 Å². The summed E-state index contributed by atoms with van der Waals surface area (Å²) in [6.07, 6.45) is 3.61. The van der Waals surface area contributed by atoms with E-state index in [-0.39, 0.29) is 18.2 Å². The van der Waals surface area contributed by atoms with Gasteiger partial charge in [-0.2, -0.15) is 0 Å². The van der Waals surface area contributed by atoms with Crippen molar-refractivity contribution in [2.45, 2.75) is 6.42 Å². The van der Waals surface area contributed by atoms with E-state index < -0.39 is 0 Å². The van der Waals surface area contributed by atoms with E-state index >= 15 is 0 Å². The largest absolute Gasteiger partial charge is 0.488 e. The first-order valence-corrected chi connectivity index (χ1v) is 13.0. The van der Waals surface area contributed by atoms with E-state index in [2.05, 4.69) is 29.4 Å². The van der Waals surface area contributed by atoms with Crippen molar-refractivity contribution in [2.24, 2.45) is 0 Å². The fourth-order valence-electron chi connectivity index (χ4n) is 4.45. The molecule has 1 N–H and O–H groups in total. The Morgan fingerprint density at radius 1 is 1.16 bits per heavy atom. The molecule has 4 heterocycles. The molecule has 0 aliphatic carbocycles. The molecule has 5 rings (SSSR count). The van der Waals surface area contributed by atoms with Crippen LogP contribution in [-0.2, 0) is 9.59 Å². The number of amides is 2. The van der Waals surface area contributed by atoms with Crippen LogP contribution in [0, 0.1) is 0 Å². The Balaban J connectivity index is 1.32. The zero-order valence-electron chi connectivity index (χ0n) is 20.5. The summed E-state index contributed by atoms with van der Waals surface area (Å²) in [6, 6.07) is 11.4. The van der Waals surface area contributed by atoms with Gasteiger partial charge in [-0.3, -0.25) is 19.5 Å². The number of nitrogens with one attached hydrogen (secondary N) is 1. The van der Waals surface area contributed by atoms with Crippen LogP contribution in [-0.4, -0.2) is 78.0 Å². The van der Waals surface area contributed by atoms with Crippen LogP contribution in [0.4, 0.5) is 17.2 Å². The summed E-state index contributed by atoms with van der Waals surface area (Å²) in [5, 5.41) is 4.51. The van der Waals surface area contributed by atoms with Gasteiger partial charge in [0, 0.05) is 54.6 Å². The van der Waals surface area contributed by atoms with E-state index in [1.54, 1.807) is 17.3 Å². The van der Waals surface area contributed by atoms with Crippen LogP contribution in [0.5, 0.6) is 5.75 Å². The maximum Gasteiger partial charge on any atom is 0.236 e. The molecular formula is C26H28ClN6O3P. The third-order valence-corrected chi connectivity index (χ3v) is 7.18. The lowest BCUT2D eigenvalue weighted by Gasteiger charge is -2.32. The van der Waals surface area contributed by atoms with Gasteiger partial charge in [-0.1, -0.05) is 17.7 Å². The number of benzene rings is 1. The lowest BCUT2D eigenvalue weighted by molar-refractivity contribution is -0.135. The number of rotatable bonds is 6. The monoisotopic (exact) mass is 538 g/mol. The summed E-state index contributed by atoms with van der Waals surface area (Å²) in [5.41, 5.74) is 3.45. The van der Waals surface area contributed by atoms with Gasteiger partial charge in [0.25, 0.3) is 0 Å². The summed E-state index contributed by atoms with van der Waals surface area (Å²) in [6.45, 7) is 3.36. The van der Waals surface area contributed by atoms with Gasteiger partial charge in [0.1, 0.15) is 12.4 Å². The Morgan fingerprint density at radius 2 is 2.03 bits per heavy atom. The van der Waals surface area contributed by atoms with Gasteiger partial charge < -0.3 is 19.9 Å². The molecule has 2 aromatic heterocycles. The van der Waals surface area contributed by atoms with Crippen LogP contribution in [0.15, 0.2) is 48.8 Å². The van der Waals surface area contributed by atoms with Crippen molar-refractivity contribution in [3.8, 4) is 17.0 Å². The quantitative estimate of drug-likeness (QED) is 0.483. The molecule has 3 aromatic rings. The standard InChI is InChI=1S/C26H28ClN6O3P/c1-31-8-9-32(26(35)16-31)7-5-25(34)30-24-13-18(4-6-28-24)33-10-11-36-22-15-29-20(14-21(22)33)19-12-17(27)2-3-23(19)37/h2-4,6,12-15H,5,7-11,16,37H2,1H3,(H,28,30,34). The second-order valence-corrected chi connectivity index (χ2v) is 10.1. The summed E-state index contributed by atoms with van der Waals surface area (Å²) in [5.74, 6) is 1.01. The molecule has 0 spiro atoms. The number of piperazine rings is 1. The van der Waals surface area contributed by atoms with E-state index in [1.807, 2.05) is 48.3 Å². The average Bonchev–Trinajstić information content (AvgIpc) is 2.89. The van der Waals surface area contributed by atoms with Gasteiger partial charge in [-0.25, -0.2) is 4.98 Å². The summed E-state index contributed by atoms with van der Waals surface area (Å²) in [7, 11) is 4.64. The molecular weight excluding hydrogens is 511 g/mol. The van der Waals surface area contributed by atoms with E-state index in [0.29, 0.717) is 49.4 Å². The summed E-state index contributed by atoms with van der Waals surface area (Å²) >= 11 is 6.24. The van der Waals surface area contributed by atoms with E-state index in [0.717, 1.165) is 34.5 Å². The molecule has 1 unspecified atom stereocenters. The first kappa shape index (κ1) is 25.4. The number of hydrogen-bond acceptors (Lipinski definition) is 7. The molecule has 1 aromatic carbocycles. The van der Waals surface area contributed by atoms with Crippen molar-refractivity contribution in [3.05, 3.63) is 53.8 Å². The number of halogens is 1. The van der Waals surface area contributed by atoms with E-state index in [4.69, 9.17) is 16.3 Å². The number of likely N-dealkylation sites (N-methyl/N-ethyl adjacent to an activating group) is 1. The second-order valence-electron chi connectivity index (χ2n) is 9.08. The Hall–Kier alpha value is -3.26. The highest BCUT2D eigenvalue weighted by atomic mass is 35.5. The number of carbonyl (C=O) groups is 2. The number of ether oxygens (including phenoxy) is 1. The van der Waals surface area contributed by atoms with Crippen LogP contribution in [0.2, 0.25) is 5.02 Å². The van der Waals surface area contributed by atoms with Crippen LogP contribution < -0.4 is 20.3 Å². The average molecular weight is 539 g/mol. The fraction of sp³-hybridized carbons (Fsp3) is 0.308. The maximum atomic E-state index is 12.6. The van der Waals surface area contributed by atoms with Crippen LogP contribution in [0.25, 0.3) is 11.3 Å². The normalized spacial score (nSPS) is 15.8. The van der Waals surface area contributed by atoms with Gasteiger partial charge in [-0.15, -0.1) is 9.24 Å².